The molecule has 1 rings (SSSR count). The molecule has 0 bridgehead atoms. The van der Waals surface area contributed by atoms with E-state index in [4.69, 9.17) is 0 Å². The van der Waals surface area contributed by atoms with Crippen LogP contribution < -0.4 is 0 Å². The van der Waals surface area contributed by atoms with E-state index < -0.39 is 0 Å². The average Bonchev–Trinajstić information content (AvgIpc) is 2.23. The summed E-state index contributed by atoms with van der Waals surface area (Å²) < 4.78 is 0. The molecule has 7 heavy (non-hydrogen) atoms. The molecule has 0 spiro atoms. The molecule has 0 radical (unpaired) electrons. The molecule has 2 heteroatoms. The molecule has 1 aliphatic rings. The van der Waals surface area contributed by atoms with Gasteiger partial charge in [-0.05, 0) is 6.42 Å². The van der Waals surface area contributed by atoms with Crippen molar-refractivity contribution in [3.05, 3.63) is 24.3 Å². The van der Waals surface area contributed by atoms with Gasteiger partial charge < -0.3 is 0 Å². The van der Waals surface area contributed by atoms with E-state index in [1.807, 2.05) is 0 Å². The van der Waals surface area contributed by atoms with E-state index in [-0.39, 0.29) is 0 Å². The van der Waals surface area contributed by atoms with Crippen LogP contribution >= 0.6 is 9.42 Å². The summed E-state index contributed by atoms with van der Waals surface area (Å²) in [5, 5.41) is 0. The zero-order chi connectivity index (χ0) is 5.54. The Morgan fingerprint density at radius 2 is 1.57 bits per heavy atom. The maximum atomic E-state index is 4.61. The van der Waals surface area contributed by atoms with Gasteiger partial charge in [-0.1, -0.05) is 24.3 Å². The number of hydrogen-bond acceptors (Lipinski definition) is 0. The minimum atomic E-state index is 1.14. The Balaban J connectivity index is 0.000000162. The van der Waals surface area contributed by atoms with Crippen molar-refractivity contribution >= 4 is 9.42 Å². The first-order valence-electron chi connectivity index (χ1n) is 1.94. The van der Waals surface area contributed by atoms with Gasteiger partial charge in [0, 0.05) is 0 Å². The van der Waals surface area contributed by atoms with Crippen LogP contribution in [0.3, 0.4) is 0 Å². The van der Waals surface area contributed by atoms with E-state index in [1.54, 1.807) is 18.8 Å². The van der Waals surface area contributed by atoms with Gasteiger partial charge in [0.05, 0.1) is 0 Å². The molecule has 0 fully saturated rings. The quantitative estimate of drug-likeness (QED) is 0.643. The summed E-state index contributed by atoms with van der Waals surface area (Å²) in [4.78, 5) is 0. The van der Waals surface area contributed by atoms with Gasteiger partial charge in [-0.2, -0.15) is 0 Å². The van der Waals surface area contributed by atoms with E-state index in [2.05, 4.69) is 33.7 Å². The molecule has 0 aromatic rings. The molecule has 0 amide bonds. The van der Waals surface area contributed by atoms with Crippen molar-refractivity contribution in [1.82, 2.24) is 0 Å². The number of rotatable bonds is 0. The van der Waals surface area contributed by atoms with Crippen LogP contribution in [-0.4, -0.2) is 0 Å². The van der Waals surface area contributed by atoms with Crippen LogP contribution in [0.15, 0.2) is 24.3 Å². The van der Waals surface area contributed by atoms with Crippen LogP contribution in [0.5, 0.6) is 0 Å². The molecule has 43 valence electrons. The molecule has 0 saturated carbocycles. The zero-order valence-corrected chi connectivity index (χ0v) is 6.74. The maximum absolute atomic E-state index is 4.61. The summed E-state index contributed by atoms with van der Waals surface area (Å²) >= 11 is 1.61. The molecule has 0 aromatic heterocycles. The third kappa shape index (κ3) is 4.31. The van der Waals surface area contributed by atoms with Crippen molar-refractivity contribution in [3.8, 4) is 0 Å². The van der Waals surface area contributed by atoms with E-state index in [9.17, 15) is 0 Å². The van der Waals surface area contributed by atoms with Crippen LogP contribution in [0, 0.1) is 0 Å². The first-order chi connectivity index (χ1) is 3.50. The number of hydrogen-bond donors (Lipinski definition) is 0. The van der Waals surface area contributed by atoms with Crippen molar-refractivity contribution in [2.45, 2.75) is 6.42 Å². The van der Waals surface area contributed by atoms with Gasteiger partial charge in [0.25, 0.3) is 0 Å². The first kappa shape index (κ1) is 7.46. The third-order valence-electron chi connectivity index (χ3n) is 0.655. The van der Waals surface area contributed by atoms with Crippen LogP contribution in [0.2, 0.25) is 0 Å². The fourth-order valence-electron chi connectivity index (χ4n) is 0.393. The molecule has 0 aliphatic heterocycles. The van der Waals surface area contributed by atoms with Crippen molar-refractivity contribution < 1.29 is 18.8 Å². The monoisotopic (exact) mass is 296 g/mol. The van der Waals surface area contributed by atoms with E-state index >= 15 is 0 Å². The Bertz CT molecular complexity index is 66.1. The van der Waals surface area contributed by atoms with Crippen molar-refractivity contribution in [1.29, 1.82) is 0 Å². The Morgan fingerprint density at radius 3 is 1.71 bits per heavy atom. The average molecular weight is 297 g/mol. The van der Waals surface area contributed by atoms with E-state index in [0.29, 0.717) is 0 Å². The predicted octanol–water partition coefficient (Wildman–Crippen LogP) is 2.19. The van der Waals surface area contributed by atoms with Gasteiger partial charge in [-0.25, -0.2) is 0 Å². The van der Waals surface area contributed by atoms with E-state index in [0.717, 1.165) is 6.42 Å². The summed E-state index contributed by atoms with van der Waals surface area (Å²) in [5.74, 6) is 0. The van der Waals surface area contributed by atoms with Crippen molar-refractivity contribution in [2.75, 3.05) is 0 Å². The van der Waals surface area contributed by atoms with E-state index in [1.165, 1.54) is 0 Å². The summed E-state index contributed by atoms with van der Waals surface area (Å²) in [7, 11) is 4.61. The summed E-state index contributed by atoms with van der Waals surface area (Å²) in [5.41, 5.74) is 0. The zero-order valence-electron chi connectivity index (χ0n) is 3.71. The van der Waals surface area contributed by atoms with Crippen LogP contribution in [0.1, 0.15) is 6.42 Å². The second kappa shape index (κ2) is 6.46. The van der Waals surface area contributed by atoms with Gasteiger partial charge in [0.2, 0.25) is 0 Å². The fraction of sp³-hybridized carbons (Fsp3) is 0.200. The molecular formula is C5H6ClPt. The van der Waals surface area contributed by atoms with Crippen LogP contribution in [0.4, 0.5) is 0 Å². The Morgan fingerprint density at radius 1 is 1.14 bits per heavy atom. The normalized spacial score (nSPS) is 13.6. The molecule has 0 saturated heterocycles. The molecule has 0 nitrogen and oxygen atoms in total. The molecule has 0 N–H and O–H groups in total. The molecular weight excluding hydrogens is 291 g/mol. The van der Waals surface area contributed by atoms with Crippen LogP contribution in [-0.2, 0) is 18.8 Å². The van der Waals surface area contributed by atoms with Crippen LogP contribution in [0.25, 0.3) is 0 Å². The van der Waals surface area contributed by atoms with Gasteiger partial charge in [-0.15, -0.1) is 0 Å². The fourth-order valence-corrected chi connectivity index (χ4v) is 0.393. The predicted molar refractivity (Wildman–Crippen MR) is 28.7 cm³/mol. The van der Waals surface area contributed by atoms with Gasteiger partial charge in [0.1, 0.15) is 0 Å². The second-order valence-electron chi connectivity index (χ2n) is 1.09. The SMILES string of the molecule is C1=CCC=C1.[Cl][Pt]. The van der Waals surface area contributed by atoms with Gasteiger partial charge in [-0.3, -0.25) is 0 Å². The van der Waals surface area contributed by atoms with Crippen molar-refractivity contribution in [2.24, 2.45) is 0 Å². The summed E-state index contributed by atoms with van der Waals surface area (Å²) in [6, 6.07) is 0. The number of allylic oxidation sites excluding steroid dienone is 4. The molecule has 0 heterocycles. The standard InChI is InChI=1S/C5H6.ClH.Pt/c1-2-4-5-3-1;;/h1-4H,5H2;1H;/q;;+1/p-1. The Labute approximate surface area is 59.1 Å². The topological polar surface area (TPSA) is 0 Å². The summed E-state index contributed by atoms with van der Waals surface area (Å²) in [6.07, 6.45) is 9.50. The minimum absolute atomic E-state index is 1.14. The molecule has 0 unspecified atom stereocenters. The second-order valence-corrected chi connectivity index (χ2v) is 1.09. The molecule has 0 aromatic carbocycles. The van der Waals surface area contributed by atoms with Crippen molar-refractivity contribution in [3.63, 3.8) is 0 Å². The van der Waals surface area contributed by atoms with Gasteiger partial charge in [0.15, 0.2) is 0 Å². The third-order valence-corrected chi connectivity index (χ3v) is 0.655. The Kier molecular flexibility index (Phi) is 6.88. The molecule has 1 aliphatic carbocycles. The Hall–Kier alpha value is 0.458. The molecule has 0 atom stereocenters. The number of halogens is 1. The van der Waals surface area contributed by atoms with Gasteiger partial charge >= 0.3 is 28.2 Å². The summed E-state index contributed by atoms with van der Waals surface area (Å²) in [6.45, 7) is 0. The first-order valence-corrected chi connectivity index (χ1v) is 4.75.